The number of nitrogens with zero attached hydrogens (tertiary/aromatic N) is 3. The van der Waals surface area contributed by atoms with E-state index in [0.29, 0.717) is 22.1 Å². The maximum atomic E-state index is 13.2. The van der Waals surface area contributed by atoms with Gasteiger partial charge in [0, 0.05) is 43.2 Å². The summed E-state index contributed by atoms with van der Waals surface area (Å²) >= 11 is 0. The molecule has 5 N–H and O–H groups in total. The minimum Gasteiger partial charge on any atom is -0.507 e. The van der Waals surface area contributed by atoms with Crippen LogP contribution in [0.5, 0.6) is 5.75 Å². The van der Waals surface area contributed by atoms with Crippen molar-refractivity contribution in [1.29, 1.82) is 0 Å². The third kappa shape index (κ3) is 9.92. The van der Waals surface area contributed by atoms with Crippen molar-refractivity contribution in [2.45, 2.75) is 78.2 Å². The first-order valence-electron chi connectivity index (χ1n) is 17.2. The first kappa shape index (κ1) is 40.8. The Hall–Kier alpha value is -5.96. The van der Waals surface area contributed by atoms with E-state index in [9.17, 15) is 34.2 Å². The fraction of sp³-hybridized carbons (Fsp3) is 0.385. The lowest BCUT2D eigenvalue weighted by molar-refractivity contribution is -0.122. The van der Waals surface area contributed by atoms with Gasteiger partial charge in [-0.2, -0.15) is 0 Å². The number of phenols is 1. The van der Waals surface area contributed by atoms with Gasteiger partial charge in [-0.15, -0.1) is 0 Å². The third-order valence-electron chi connectivity index (χ3n) is 8.00. The van der Waals surface area contributed by atoms with Crippen LogP contribution in [0.15, 0.2) is 68.8 Å². The van der Waals surface area contributed by atoms with Gasteiger partial charge in [0.2, 0.25) is 11.9 Å². The maximum absolute atomic E-state index is 13.2. The Morgan fingerprint density at radius 2 is 1.52 bits per heavy atom. The number of hydrogen-bond donors (Lipinski definition) is 4. The molecule has 0 aromatic heterocycles. The number of carboxylic acid groups (broad SMARTS) is 1. The van der Waals surface area contributed by atoms with Crippen LogP contribution in [0.1, 0.15) is 70.3 Å². The van der Waals surface area contributed by atoms with Crippen LogP contribution in [0.3, 0.4) is 0 Å². The average Bonchev–Trinajstić information content (AvgIpc) is 3.07. The highest BCUT2D eigenvalue weighted by Gasteiger charge is 2.30. The third-order valence-corrected chi connectivity index (χ3v) is 8.00. The van der Waals surface area contributed by atoms with Crippen LogP contribution in [0.25, 0.3) is 33.4 Å². The highest BCUT2D eigenvalue weighted by Crippen LogP contribution is 2.43. The second-order valence-corrected chi connectivity index (χ2v) is 14.7. The highest BCUT2D eigenvalue weighted by molar-refractivity contribution is 6.08. The lowest BCUT2D eigenvalue weighted by Gasteiger charge is -2.30. The quantitative estimate of drug-likeness (QED) is 0.0697. The van der Waals surface area contributed by atoms with E-state index in [1.54, 1.807) is 71.9 Å². The molecule has 1 aliphatic heterocycles. The fourth-order valence-corrected chi connectivity index (χ4v) is 5.52. The predicted molar refractivity (Wildman–Crippen MR) is 203 cm³/mol. The van der Waals surface area contributed by atoms with Gasteiger partial charge >= 0.3 is 18.2 Å². The summed E-state index contributed by atoms with van der Waals surface area (Å²) in [7, 11) is 2.83. The zero-order valence-corrected chi connectivity index (χ0v) is 31.7. The first-order chi connectivity index (χ1) is 25.2. The Morgan fingerprint density at radius 1 is 0.907 bits per heavy atom. The van der Waals surface area contributed by atoms with Crippen molar-refractivity contribution < 1.29 is 43.3 Å². The van der Waals surface area contributed by atoms with Crippen LogP contribution in [-0.4, -0.2) is 87.9 Å². The van der Waals surface area contributed by atoms with E-state index in [2.05, 4.69) is 10.3 Å². The molecule has 0 spiro atoms. The number of carbonyl (C=O) groups is 4. The van der Waals surface area contributed by atoms with Gasteiger partial charge in [0.15, 0.2) is 5.43 Å². The van der Waals surface area contributed by atoms with E-state index in [1.165, 1.54) is 38.4 Å². The smallest absolute Gasteiger partial charge is 0.416 e. The molecule has 2 aromatic carbocycles. The molecule has 15 nitrogen and oxygen atoms in total. The number of hydrogen-bond acceptors (Lipinski definition) is 11. The van der Waals surface area contributed by atoms with E-state index in [0.717, 1.165) is 9.80 Å². The Labute approximate surface area is 312 Å². The molecular formula is C39H47N5O10. The SMILES string of the molecule is CN(C(=O)OC(C)(C)C)C(=NCCCC(N)C(=O)NCc1c(O)ccc2c(-c3ccccc3C(=O)O)c3ccc(=O)cc-3oc12)N(C)C(=O)OC(C)(C)C. The van der Waals surface area contributed by atoms with Crippen molar-refractivity contribution in [2.75, 3.05) is 20.6 Å². The number of nitrogens with one attached hydrogen (secondary N) is 1. The van der Waals surface area contributed by atoms with Crippen molar-refractivity contribution in [3.63, 3.8) is 0 Å². The van der Waals surface area contributed by atoms with Crippen LogP contribution in [0.4, 0.5) is 9.59 Å². The summed E-state index contributed by atoms with van der Waals surface area (Å²) in [6.07, 6.45) is -1.03. The number of aromatic carboxylic acids is 1. The number of carboxylic acids is 1. The van der Waals surface area contributed by atoms with Gasteiger partial charge in [0.05, 0.1) is 23.7 Å². The summed E-state index contributed by atoms with van der Waals surface area (Å²) < 4.78 is 17.0. The van der Waals surface area contributed by atoms with Gasteiger partial charge in [0.25, 0.3) is 0 Å². The molecule has 0 radical (unpaired) electrons. The van der Waals surface area contributed by atoms with E-state index in [4.69, 9.17) is 19.6 Å². The molecule has 2 aromatic rings. The van der Waals surface area contributed by atoms with Gasteiger partial charge in [-0.05, 0) is 90.3 Å². The van der Waals surface area contributed by atoms with Gasteiger partial charge in [-0.3, -0.25) is 24.4 Å². The molecule has 288 valence electrons. The summed E-state index contributed by atoms with van der Waals surface area (Å²) in [5.41, 5.74) is 5.97. The Kier molecular flexibility index (Phi) is 12.4. The molecule has 1 unspecified atom stereocenters. The van der Waals surface area contributed by atoms with E-state index in [1.807, 2.05) is 0 Å². The van der Waals surface area contributed by atoms with Crippen LogP contribution >= 0.6 is 0 Å². The van der Waals surface area contributed by atoms with Gasteiger partial charge in [0.1, 0.15) is 28.3 Å². The van der Waals surface area contributed by atoms with Crippen molar-refractivity contribution in [1.82, 2.24) is 15.1 Å². The summed E-state index contributed by atoms with van der Waals surface area (Å²) in [4.78, 5) is 70.1. The molecule has 2 aliphatic rings. The molecule has 0 fully saturated rings. The molecule has 1 atom stereocenters. The van der Waals surface area contributed by atoms with Gasteiger partial charge in [-0.1, -0.05) is 18.2 Å². The van der Waals surface area contributed by atoms with Crippen LogP contribution in [0, 0.1) is 0 Å². The number of phenolic OH excluding ortho intramolecular Hbond substituents is 1. The number of aliphatic imine (C=N–C) groups is 1. The largest absolute Gasteiger partial charge is 0.507 e. The summed E-state index contributed by atoms with van der Waals surface area (Å²) in [5, 5.41) is 24.1. The molecule has 0 saturated carbocycles. The average molecular weight is 746 g/mol. The second kappa shape index (κ2) is 16.4. The minimum atomic E-state index is -1.15. The maximum Gasteiger partial charge on any atom is 0.416 e. The molecular weight excluding hydrogens is 698 g/mol. The number of guanidine groups is 1. The van der Waals surface area contributed by atoms with Crippen molar-refractivity contribution in [3.8, 4) is 28.2 Å². The highest BCUT2D eigenvalue weighted by atomic mass is 16.6. The number of rotatable bonds is 9. The lowest BCUT2D eigenvalue weighted by Crippen LogP contribution is -2.49. The number of aromatic hydroxyl groups is 1. The number of ether oxygens (including phenoxy) is 2. The summed E-state index contributed by atoms with van der Waals surface area (Å²) in [6.45, 7) is 10.1. The number of carbonyl (C=O) groups excluding carboxylic acids is 3. The molecule has 3 amide bonds. The molecule has 15 heteroatoms. The topological polar surface area (TPSA) is 214 Å². The zero-order valence-electron chi connectivity index (χ0n) is 31.7. The Bertz CT molecular complexity index is 2080. The Balaban J connectivity index is 1.55. The predicted octanol–water partition coefficient (Wildman–Crippen LogP) is 5.78. The second-order valence-electron chi connectivity index (χ2n) is 14.7. The number of benzene rings is 3. The molecule has 54 heavy (non-hydrogen) atoms. The standard InChI is InChI=1S/C39H47N5O10/c1-38(2,3)53-36(50)43(7)35(44(8)37(51)54-39(4,5)6)41-19-11-14-28(40)33(47)42-21-27-29(46)18-17-26-31(23-12-9-10-13-24(23)34(48)49)25-16-15-22(45)20-30(25)52-32(26)27/h9-10,12-13,15-18,20,28,46H,11,14,19,21,40H2,1-8H3,(H,42,47)(H,48,49). The monoisotopic (exact) mass is 745 g/mol. The minimum absolute atomic E-state index is 0.0239. The summed E-state index contributed by atoms with van der Waals surface area (Å²) in [5.74, 6) is -1.78. The van der Waals surface area contributed by atoms with Crippen molar-refractivity contribution in [3.05, 3.63) is 75.9 Å². The zero-order chi connectivity index (χ0) is 40.1. The van der Waals surface area contributed by atoms with Gasteiger partial charge in [-0.25, -0.2) is 14.4 Å². The molecule has 4 rings (SSSR count). The van der Waals surface area contributed by atoms with Crippen molar-refractivity contribution >= 4 is 41.0 Å². The molecule has 0 bridgehead atoms. The number of amides is 3. The van der Waals surface area contributed by atoms with E-state index < -0.39 is 41.3 Å². The van der Waals surface area contributed by atoms with E-state index in [-0.39, 0.29) is 65.5 Å². The van der Waals surface area contributed by atoms with Gasteiger partial charge < -0.3 is 35.2 Å². The normalized spacial score (nSPS) is 12.2. The van der Waals surface area contributed by atoms with Crippen LogP contribution in [-0.2, 0) is 20.8 Å². The first-order valence-corrected chi connectivity index (χ1v) is 17.2. The fourth-order valence-electron chi connectivity index (χ4n) is 5.52. The Morgan fingerprint density at radius 3 is 2.11 bits per heavy atom. The van der Waals surface area contributed by atoms with Crippen molar-refractivity contribution in [2.24, 2.45) is 10.7 Å². The summed E-state index contributed by atoms with van der Waals surface area (Å²) in [6, 6.07) is 12.6. The number of fused-ring (bicyclic) bond motifs is 2. The molecule has 1 heterocycles. The van der Waals surface area contributed by atoms with E-state index >= 15 is 0 Å². The molecule has 0 saturated heterocycles. The number of nitrogens with two attached hydrogens (primary N) is 1. The lowest BCUT2D eigenvalue weighted by atomic mass is 9.90. The molecule has 1 aliphatic carbocycles. The van der Waals surface area contributed by atoms with Crippen LogP contribution in [0.2, 0.25) is 0 Å². The van der Waals surface area contributed by atoms with Crippen LogP contribution < -0.4 is 16.5 Å².